The number of rotatable bonds is 4. The third kappa shape index (κ3) is 2.54. The molecule has 0 bridgehead atoms. The van der Waals surface area contributed by atoms with Crippen LogP contribution in [0.25, 0.3) is 0 Å². The average molecular weight is 235 g/mol. The first kappa shape index (κ1) is 12.6. The maximum atomic E-state index is 4.45. The first-order chi connectivity index (χ1) is 8.04. The van der Waals surface area contributed by atoms with E-state index in [0.29, 0.717) is 11.5 Å². The van der Waals surface area contributed by atoms with Crippen LogP contribution in [0.1, 0.15) is 38.9 Å². The molecule has 1 aliphatic rings. The Morgan fingerprint density at radius 1 is 1.59 bits per heavy atom. The van der Waals surface area contributed by atoms with Crippen LogP contribution in [0.2, 0.25) is 0 Å². The third-order valence-corrected chi connectivity index (χ3v) is 4.52. The van der Waals surface area contributed by atoms with Crippen molar-refractivity contribution in [1.82, 2.24) is 14.9 Å². The lowest BCUT2D eigenvalue weighted by molar-refractivity contribution is 0.199. The summed E-state index contributed by atoms with van der Waals surface area (Å²) < 4.78 is 2.13. The van der Waals surface area contributed by atoms with E-state index < -0.39 is 0 Å². The summed E-state index contributed by atoms with van der Waals surface area (Å²) in [4.78, 5) is 4.45. The smallest absolute Gasteiger partial charge is 0.109 e. The Hall–Kier alpha value is -0.830. The van der Waals surface area contributed by atoms with E-state index in [-0.39, 0.29) is 0 Å². The van der Waals surface area contributed by atoms with Gasteiger partial charge in [0.15, 0.2) is 0 Å². The lowest BCUT2D eigenvalue weighted by Gasteiger charge is -2.34. The predicted octanol–water partition coefficient (Wildman–Crippen LogP) is 2.38. The molecule has 3 nitrogen and oxygen atoms in total. The van der Waals surface area contributed by atoms with E-state index in [0.717, 1.165) is 12.3 Å². The van der Waals surface area contributed by atoms with Crippen LogP contribution in [0.15, 0.2) is 12.4 Å². The maximum absolute atomic E-state index is 4.45. The fourth-order valence-corrected chi connectivity index (χ4v) is 3.33. The average Bonchev–Trinajstić information content (AvgIpc) is 2.82. The molecular weight excluding hydrogens is 210 g/mol. The van der Waals surface area contributed by atoms with Crippen LogP contribution in [0.3, 0.4) is 0 Å². The summed E-state index contributed by atoms with van der Waals surface area (Å²) in [5.41, 5.74) is 0.471. The van der Waals surface area contributed by atoms with Crippen molar-refractivity contribution >= 4 is 0 Å². The van der Waals surface area contributed by atoms with Crippen LogP contribution >= 0.6 is 0 Å². The molecule has 2 atom stereocenters. The molecule has 3 heteroatoms. The zero-order valence-electron chi connectivity index (χ0n) is 11.5. The molecule has 0 radical (unpaired) electrons. The van der Waals surface area contributed by atoms with Crippen molar-refractivity contribution in [2.45, 2.75) is 45.6 Å². The van der Waals surface area contributed by atoms with Gasteiger partial charge in [-0.2, -0.15) is 0 Å². The van der Waals surface area contributed by atoms with E-state index in [4.69, 9.17) is 0 Å². The minimum atomic E-state index is 0.471. The fourth-order valence-electron chi connectivity index (χ4n) is 3.33. The molecular formula is C14H25N3. The van der Waals surface area contributed by atoms with Gasteiger partial charge in [-0.05, 0) is 31.2 Å². The third-order valence-electron chi connectivity index (χ3n) is 4.52. The van der Waals surface area contributed by atoms with Gasteiger partial charge in [0.25, 0.3) is 0 Å². The Morgan fingerprint density at radius 2 is 2.35 bits per heavy atom. The van der Waals surface area contributed by atoms with Crippen LogP contribution < -0.4 is 5.32 Å². The monoisotopic (exact) mass is 235 g/mol. The molecule has 1 fully saturated rings. The highest BCUT2D eigenvalue weighted by Crippen LogP contribution is 2.44. The highest BCUT2D eigenvalue weighted by atomic mass is 15.0. The van der Waals surface area contributed by atoms with E-state index in [2.05, 4.69) is 42.8 Å². The number of hydrogen-bond acceptors (Lipinski definition) is 2. The molecule has 1 N–H and O–H groups in total. The zero-order valence-corrected chi connectivity index (χ0v) is 11.5. The Labute approximate surface area is 105 Å². The molecule has 0 saturated heterocycles. The van der Waals surface area contributed by atoms with Gasteiger partial charge in [0.05, 0.1) is 0 Å². The SMILES string of the molecule is CNC(Cc1nccn1C)C1CCCC1(C)C. The topological polar surface area (TPSA) is 29.9 Å². The standard InChI is InChI=1S/C14H25N3/c1-14(2)7-5-6-11(14)12(15-3)10-13-16-8-9-17(13)4/h8-9,11-12,15H,5-7,10H2,1-4H3. The molecule has 0 aromatic carbocycles. The molecule has 2 unspecified atom stereocenters. The van der Waals surface area contributed by atoms with Crippen molar-refractivity contribution in [2.75, 3.05) is 7.05 Å². The number of nitrogens with zero attached hydrogens (tertiary/aromatic N) is 2. The zero-order chi connectivity index (χ0) is 12.5. The van der Waals surface area contributed by atoms with Gasteiger partial charge in [-0.1, -0.05) is 20.3 Å². The van der Waals surface area contributed by atoms with Crippen LogP contribution in [-0.2, 0) is 13.5 Å². The van der Waals surface area contributed by atoms with Gasteiger partial charge in [0.2, 0.25) is 0 Å². The minimum Gasteiger partial charge on any atom is -0.338 e. The summed E-state index contributed by atoms with van der Waals surface area (Å²) in [5, 5.41) is 3.51. The lowest BCUT2D eigenvalue weighted by Crippen LogP contribution is -2.41. The first-order valence-electron chi connectivity index (χ1n) is 6.68. The molecule has 1 heterocycles. The predicted molar refractivity (Wildman–Crippen MR) is 70.9 cm³/mol. The molecule has 0 aliphatic heterocycles. The van der Waals surface area contributed by atoms with E-state index in [1.807, 2.05) is 12.4 Å². The molecule has 96 valence electrons. The van der Waals surface area contributed by atoms with Crippen LogP contribution in [-0.4, -0.2) is 22.6 Å². The minimum absolute atomic E-state index is 0.471. The summed E-state index contributed by atoms with van der Waals surface area (Å²) in [5.74, 6) is 1.95. The molecule has 0 amide bonds. The maximum Gasteiger partial charge on any atom is 0.109 e. The lowest BCUT2D eigenvalue weighted by atomic mass is 9.76. The second-order valence-electron chi connectivity index (χ2n) is 6.04. The first-order valence-corrected chi connectivity index (χ1v) is 6.68. The molecule has 17 heavy (non-hydrogen) atoms. The molecule has 1 aromatic heterocycles. The summed E-state index contributed by atoms with van der Waals surface area (Å²) >= 11 is 0. The Kier molecular flexibility index (Phi) is 3.57. The van der Waals surface area contributed by atoms with Gasteiger partial charge in [-0.3, -0.25) is 0 Å². The van der Waals surface area contributed by atoms with Gasteiger partial charge in [-0.15, -0.1) is 0 Å². The second-order valence-corrected chi connectivity index (χ2v) is 6.04. The highest BCUT2D eigenvalue weighted by Gasteiger charge is 2.39. The number of nitrogens with one attached hydrogen (secondary N) is 1. The molecule has 0 spiro atoms. The van der Waals surface area contributed by atoms with E-state index in [1.54, 1.807) is 0 Å². The summed E-state index contributed by atoms with van der Waals surface area (Å²) in [7, 11) is 4.16. The molecule has 1 saturated carbocycles. The summed E-state index contributed by atoms with van der Waals surface area (Å²) in [6.45, 7) is 4.82. The van der Waals surface area contributed by atoms with Crippen molar-refractivity contribution in [3.05, 3.63) is 18.2 Å². The quantitative estimate of drug-likeness (QED) is 0.868. The van der Waals surface area contributed by atoms with Crippen LogP contribution in [0, 0.1) is 11.3 Å². The Morgan fingerprint density at radius 3 is 2.82 bits per heavy atom. The van der Waals surface area contributed by atoms with Crippen molar-refractivity contribution in [1.29, 1.82) is 0 Å². The van der Waals surface area contributed by atoms with Gasteiger partial charge >= 0.3 is 0 Å². The fraction of sp³-hybridized carbons (Fsp3) is 0.786. The molecule has 1 aliphatic carbocycles. The normalized spacial score (nSPS) is 25.1. The largest absolute Gasteiger partial charge is 0.338 e. The van der Waals surface area contributed by atoms with Gasteiger partial charge in [0.1, 0.15) is 5.82 Å². The van der Waals surface area contributed by atoms with Gasteiger partial charge < -0.3 is 9.88 Å². The number of imidazole rings is 1. The second kappa shape index (κ2) is 4.81. The van der Waals surface area contributed by atoms with E-state index >= 15 is 0 Å². The highest BCUT2D eigenvalue weighted by molar-refractivity contribution is 4.99. The van der Waals surface area contributed by atoms with Crippen molar-refractivity contribution in [2.24, 2.45) is 18.4 Å². The van der Waals surface area contributed by atoms with E-state index in [9.17, 15) is 0 Å². The van der Waals surface area contributed by atoms with Crippen molar-refractivity contribution in [3.63, 3.8) is 0 Å². The summed E-state index contributed by atoms with van der Waals surface area (Å²) in [6, 6.07) is 0.550. The van der Waals surface area contributed by atoms with Crippen LogP contribution in [0.4, 0.5) is 0 Å². The molecule has 1 aromatic rings. The van der Waals surface area contributed by atoms with Crippen LogP contribution in [0.5, 0.6) is 0 Å². The van der Waals surface area contributed by atoms with Crippen molar-refractivity contribution in [3.8, 4) is 0 Å². The Balaban J connectivity index is 2.09. The number of hydrogen-bond donors (Lipinski definition) is 1. The molecule has 2 rings (SSSR count). The van der Waals surface area contributed by atoms with Gasteiger partial charge in [-0.25, -0.2) is 4.98 Å². The van der Waals surface area contributed by atoms with Crippen molar-refractivity contribution < 1.29 is 0 Å². The number of likely N-dealkylation sites (N-methyl/N-ethyl adjacent to an activating group) is 1. The Bertz CT molecular complexity index is 367. The summed E-state index contributed by atoms with van der Waals surface area (Å²) in [6.07, 6.45) is 9.04. The van der Waals surface area contributed by atoms with E-state index in [1.165, 1.54) is 25.1 Å². The van der Waals surface area contributed by atoms with Gasteiger partial charge in [0, 0.05) is 31.9 Å². The number of aryl methyl sites for hydroxylation is 1. The number of aromatic nitrogens is 2.